The van der Waals surface area contributed by atoms with Crippen molar-refractivity contribution in [1.29, 1.82) is 0 Å². The standard InChI is InChI=1S/C27H23F5N4O2.ClH/c28-17-5-7-18(8-6-17)34-11-13-35(14-12-34)26-33-23-4-2-1-3-20(23)24(16-25(37)38)36(26)19-9-10-22(29)21(15-19)27(30,31)32;/h1-10,15,24H,11-14,16H2,(H,37,38);1H. The van der Waals surface area contributed by atoms with Gasteiger partial charge in [0.05, 0.1) is 23.7 Å². The number of alkyl halides is 3. The Bertz CT molecular complexity index is 1380. The number of aliphatic imine (C=N–C) groups is 1. The van der Waals surface area contributed by atoms with Crippen LogP contribution in [0.3, 0.4) is 0 Å². The van der Waals surface area contributed by atoms with E-state index in [-0.39, 0.29) is 29.9 Å². The van der Waals surface area contributed by atoms with Crippen LogP contribution in [0.15, 0.2) is 71.7 Å². The zero-order chi connectivity index (χ0) is 27.0. The molecule has 1 saturated heterocycles. The number of aliphatic carboxylic acids is 1. The molecule has 2 aliphatic rings. The maximum absolute atomic E-state index is 14.2. The van der Waals surface area contributed by atoms with Crippen LogP contribution in [0, 0.1) is 11.6 Å². The highest BCUT2D eigenvalue weighted by Crippen LogP contribution is 2.42. The van der Waals surface area contributed by atoms with Crippen molar-refractivity contribution in [3.8, 4) is 0 Å². The average Bonchev–Trinajstić information content (AvgIpc) is 2.88. The first-order valence-corrected chi connectivity index (χ1v) is 11.9. The average molecular weight is 567 g/mol. The largest absolute Gasteiger partial charge is 0.481 e. The van der Waals surface area contributed by atoms with Gasteiger partial charge < -0.3 is 19.8 Å². The van der Waals surface area contributed by atoms with Crippen molar-refractivity contribution in [1.82, 2.24) is 4.90 Å². The van der Waals surface area contributed by atoms with Crippen LogP contribution in [0.25, 0.3) is 0 Å². The van der Waals surface area contributed by atoms with Crippen molar-refractivity contribution in [2.24, 2.45) is 4.99 Å². The van der Waals surface area contributed by atoms with E-state index in [0.717, 1.165) is 11.8 Å². The molecule has 0 aliphatic carbocycles. The monoisotopic (exact) mass is 566 g/mol. The van der Waals surface area contributed by atoms with Gasteiger partial charge in [-0.05, 0) is 48.5 Å². The molecule has 6 nitrogen and oxygen atoms in total. The molecule has 1 N–H and O–H groups in total. The van der Waals surface area contributed by atoms with E-state index in [2.05, 4.69) is 0 Å². The predicted octanol–water partition coefficient (Wildman–Crippen LogP) is 6.25. The van der Waals surface area contributed by atoms with Gasteiger partial charge in [0.15, 0.2) is 0 Å². The van der Waals surface area contributed by atoms with E-state index in [1.165, 1.54) is 23.1 Å². The fourth-order valence-electron chi connectivity index (χ4n) is 4.89. The molecule has 0 radical (unpaired) electrons. The van der Waals surface area contributed by atoms with Crippen LogP contribution in [-0.2, 0) is 11.0 Å². The molecule has 2 heterocycles. The minimum atomic E-state index is -4.94. The molecule has 3 aromatic carbocycles. The molecule has 0 saturated carbocycles. The van der Waals surface area contributed by atoms with Crippen molar-refractivity contribution >= 4 is 41.4 Å². The number of piperazine rings is 1. The molecular formula is C27H24ClF5N4O2. The summed E-state index contributed by atoms with van der Waals surface area (Å²) >= 11 is 0. The number of carbonyl (C=O) groups is 1. The Morgan fingerprint density at radius 2 is 1.51 bits per heavy atom. The second kappa shape index (κ2) is 11.1. The SMILES string of the molecule is Cl.O=C(O)CC1c2ccccc2N=C(N2CCN(c3ccc(F)cc3)CC2)N1c1ccc(F)c(C(F)(F)F)c1. The number of nitrogens with zero attached hydrogens (tertiary/aromatic N) is 4. The summed E-state index contributed by atoms with van der Waals surface area (Å²) in [5.74, 6) is -2.62. The molecule has 0 amide bonds. The van der Waals surface area contributed by atoms with Crippen molar-refractivity contribution in [3.63, 3.8) is 0 Å². The zero-order valence-electron chi connectivity index (χ0n) is 20.4. The molecule has 0 spiro atoms. The van der Waals surface area contributed by atoms with Gasteiger partial charge in [-0.25, -0.2) is 13.8 Å². The zero-order valence-corrected chi connectivity index (χ0v) is 21.2. The van der Waals surface area contributed by atoms with Crippen LogP contribution >= 0.6 is 12.4 Å². The molecule has 0 bridgehead atoms. The quantitative estimate of drug-likeness (QED) is 0.378. The number of halogens is 6. The summed E-state index contributed by atoms with van der Waals surface area (Å²) in [6.45, 7) is 1.87. The van der Waals surface area contributed by atoms with Gasteiger partial charge in [-0.15, -0.1) is 12.4 Å². The van der Waals surface area contributed by atoms with E-state index < -0.39 is 36.0 Å². The molecule has 1 fully saturated rings. The van der Waals surface area contributed by atoms with Crippen LogP contribution in [-0.4, -0.2) is 48.1 Å². The number of para-hydroxylation sites is 1. The maximum atomic E-state index is 14.2. The number of hydrogen-bond acceptors (Lipinski definition) is 5. The Labute approximate surface area is 227 Å². The van der Waals surface area contributed by atoms with Crippen molar-refractivity contribution < 1.29 is 31.9 Å². The van der Waals surface area contributed by atoms with Crippen LogP contribution in [0.1, 0.15) is 23.6 Å². The third-order valence-electron chi connectivity index (χ3n) is 6.70. The Hall–Kier alpha value is -3.86. The van der Waals surface area contributed by atoms with Crippen LogP contribution in [0.5, 0.6) is 0 Å². The predicted molar refractivity (Wildman–Crippen MR) is 140 cm³/mol. The maximum Gasteiger partial charge on any atom is 0.419 e. The Morgan fingerprint density at radius 1 is 0.897 bits per heavy atom. The van der Waals surface area contributed by atoms with Crippen LogP contribution in [0.2, 0.25) is 0 Å². The third kappa shape index (κ3) is 5.78. The van der Waals surface area contributed by atoms with Crippen molar-refractivity contribution in [3.05, 3.63) is 89.5 Å². The van der Waals surface area contributed by atoms with E-state index in [1.807, 2.05) is 9.80 Å². The van der Waals surface area contributed by atoms with E-state index in [1.54, 1.807) is 36.4 Å². The Balaban J connectivity index is 0.00000353. The lowest BCUT2D eigenvalue weighted by Crippen LogP contribution is -2.55. The molecular weight excluding hydrogens is 543 g/mol. The van der Waals surface area contributed by atoms with Crippen molar-refractivity contribution in [2.75, 3.05) is 36.0 Å². The van der Waals surface area contributed by atoms with Gasteiger partial charge >= 0.3 is 12.1 Å². The number of fused-ring (bicyclic) bond motifs is 1. The Kier molecular flexibility index (Phi) is 8.01. The van der Waals surface area contributed by atoms with Gasteiger partial charge in [-0.2, -0.15) is 13.2 Å². The summed E-state index contributed by atoms with van der Waals surface area (Å²) in [5.41, 5.74) is 0.434. The van der Waals surface area contributed by atoms with Crippen LogP contribution in [0.4, 0.5) is 39.0 Å². The summed E-state index contributed by atoms with van der Waals surface area (Å²) in [7, 11) is 0. The van der Waals surface area contributed by atoms with E-state index in [9.17, 15) is 31.9 Å². The smallest absolute Gasteiger partial charge is 0.419 e. The fourth-order valence-corrected chi connectivity index (χ4v) is 4.89. The van der Waals surface area contributed by atoms with Gasteiger partial charge in [0.25, 0.3) is 0 Å². The highest BCUT2D eigenvalue weighted by molar-refractivity contribution is 6.01. The summed E-state index contributed by atoms with van der Waals surface area (Å²) in [6.07, 6.45) is -5.35. The summed E-state index contributed by atoms with van der Waals surface area (Å²) in [4.78, 5) is 22.0. The minimum absolute atomic E-state index is 0. The Morgan fingerprint density at radius 3 is 2.15 bits per heavy atom. The molecule has 39 heavy (non-hydrogen) atoms. The highest BCUT2D eigenvalue weighted by Gasteiger charge is 2.39. The molecule has 3 aromatic rings. The van der Waals surface area contributed by atoms with Gasteiger partial charge in [-0.1, -0.05) is 18.2 Å². The molecule has 1 unspecified atom stereocenters. The van der Waals surface area contributed by atoms with Crippen molar-refractivity contribution in [2.45, 2.75) is 18.6 Å². The number of carboxylic acids is 1. The lowest BCUT2D eigenvalue weighted by molar-refractivity contribution is -0.140. The first-order valence-electron chi connectivity index (χ1n) is 11.9. The number of rotatable bonds is 4. The number of carboxylic acid groups (broad SMARTS) is 1. The summed E-state index contributed by atoms with van der Waals surface area (Å²) < 4.78 is 68.3. The number of guanidine groups is 1. The number of hydrogen-bond donors (Lipinski definition) is 1. The highest BCUT2D eigenvalue weighted by atomic mass is 35.5. The number of anilines is 2. The second-order valence-corrected chi connectivity index (χ2v) is 9.07. The molecule has 5 rings (SSSR count). The van der Waals surface area contributed by atoms with Gasteiger partial charge in [0.1, 0.15) is 11.6 Å². The third-order valence-corrected chi connectivity index (χ3v) is 6.70. The lowest BCUT2D eigenvalue weighted by Gasteiger charge is -2.45. The minimum Gasteiger partial charge on any atom is -0.481 e. The van der Waals surface area contributed by atoms with E-state index in [4.69, 9.17) is 4.99 Å². The first-order chi connectivity index (χ1) is 18.1. The van der Waals surface area contributed by atoms with Gasteiger partial charge in [0, 0.05) is 43.1 Å². The van der Waals surface area contributed by atoms with Crippen LogP contribution < -0.4 is 9.80 Å². The molecule has 0 aromatic heterocycles. The molecule has 1 atom stereocenters. The number of benzene rings is 3. The van der Waals surface area contributed by atoms with E-state index in [0.29, 0.717) is 43.5 Å². The second-order valence-electron chi connectivity index (χ2n) is 9.07. The topological polar surface area (TPSA) is 59.4 Å². The molecule has 12 heteroatoms. The normalized spacial score (nSPS) is 17.3. The summed E-state index contributed by atoms with van der Waals surface area (Å²) in [5, 5.41) is 9.71. The summed E-state index contributed by atoms with van der Waals surface area (Å²) in [6, 6.07) is 14.7. The van der Waals surface area contributed by atoms with Gasteiger partial charge in [0.2, 0.25) is 5.96 Å². The first kappa shape index (κ1) is 28.2. The van der Waals surface area contributed by atoms with E-state index >= 15 is 0 Å². The van der Waals surface area contributed by atoms with Gasteiger partial charge in [-0.3, -0.25) is 4.79 Å². The lowest BCUT2D eigenvalue weighted by atomic mass is 9.97. The fraction of sp³-hybridized carbons (Fsp3) is 0.259. The molecule has 206 valence electrons. The molecule has 2 aliphatic heterocycles.